The molecule has 0 bridgehead atoms. The van der Waals surface area contributed by atoms with Crippen LogP contribution in [0.1, 0.15) is 10.4 Å². The van der Waals surface area contributed by atoms with Crippen molar-refractivity contribution in [1.29, 1.82) is 0 Å². The Morgan fingerprint density at radius 3 is 2.46 bits per heavy atom. The van der Waals surface area contributed by atoms with E-state index in [9.17, 15) is 9.18 Å². The van der Waals surface area contributed by atoms with E-state index in [-0.39, 0.29) is 11.7 Å². The summed E-state index contributed by atoms with van der Waals surface area (Å²) in [6.07, 6.45) is 1.86. The molecular formula is C19H18FN3O. The van der Waals surface area contributed by atoms with Gasteiger partial charge in [0.1, 0.15) is 5.82 Å². The molecule has 0 aliphatic carbocycles. The fourth-order valence-electron chi connectivity index (χ4n) is 3.26. The van der Waals surface area contributed by atoms with Crippen LogP contribution in [-0.4, -0.2) is 42.0 Å². The number of aromatic amines is 1. The van der Waals surface area contributed by atoms with Crippen LogP contribution >= 0.6 is 0 Å². The lowest BCUT2D eigenvalue weighted by Crippen LogP contribution is -2.48. The molecule has 1 amide bonds. The smallest absolute Gasteiger partial charge is 0.254 e. The Balaban J connectivity index is 1.48. The van der Waals surface area contributed by atoms with Gasteiger partial charge in [0, 0.05) is 54.5 Å². The van der Waals surface area contributed by atoms with Crippen molar-refractivity contribution < 1.29 is 9.18 Å². The maximum Gasteiger partial charge on any atom is 0.254 e. The van der Waals surface area contributed by atoms with Crippen molar-refractivity contribution >= 4 is 22.5 Å². The number of halogens is 1. The zero-order chi connectivity index (χ0) is 16.5. The number of carbonyl (C=O) groups excluding carboxylic acids is 1. The summed E-state index contributed by atoms with van der Waals surface area (Å²) in [6.45, 7) is 2.83. The molecule has 2 aromatic carbocycles. The summed E-state index contributed by atoms with van der Waals surface area (Å²) in [6, 6.07) is 14.2. The second-order valence-corrected chi connectivity index (χ2v) is 6.00. The Morgan fingerprint density at radius 2 is 1.71 bits per heavy atom. The quantitative estimate of drug-likeness (QED) is 0.786. The molecule has 3 aromatic rings. The van der Waals surface area contributed by atoms with E-state index in [1.165, 1.54) is 12.1 Å². The van der Waals surface area contributed by atoms with E-state index in [0.717, 1.165) is 35.2 Å². The predicted octanol–water partition coefficient (Wildman–Crippen LogP) is 3.27. The lowest BCUT2D eigenvalue weighted by molar-refractivity contribution is 0.0749. The Hall–Kier alpha value is -2.82. The van der Waals surface area contributed by atoms with E-state index in [2.05, 4.69) is 9.88 Å². The van der Waals surface area contributed by atoms with Gasteiger partial charge in [-0.3, -0.25) is 4.79 Å². The van der Waals surface area contributed by atoms with E-state index in [1.807, 2.05) is 35.4 Å². The molecule has 1 fully saturated rings. The highest BCUT2D eigenvalue weighted by atomic mass is 19.1. The molecule has 1 saturated heterocycles. The molecule has 1 N–H and O–H groups in total. The Labute approximate surface area is 139 Å². The van der Waals surface area contributed by atoms with Crippen molar-refractivity contribution in [1.82, 2.24) is 9.88 Å². The Kier molecular flexibility index (Phi) is 3.69. The summed E-state index contributed by atoms with van der Waals surface area (Å²) in [7, 11) is 0. The van der Waals surface area contributed by atoms with Crippen LogP contribution in [0.5, 0.6) is 0 Å². The van der Waals surface area contributed by atoms with Gasteiger partial charge >= 0.3 is 0 Å². The van der Waals surface area contributed by atoms with Crippen molar-refractivity contribution in [3.63, 3.8) is 0 Å². The van der Waals surface area contributed by atoms with Crippen LogP contribution < -0.4 is 4.90 Å². The first kappa shape index (κ1) is 14.8. The molecule has 122 valence electrons. The van der Waals surface area contributed by atoms with E-state index in [0.29, 0.717) is 13.1 Å². The van der Waals surface area contributed by atoms with Gasteiger partial charge in [-0.2, -0.15) is 0 Å². The van der Waals surface area contributed by atoms with Crippen LogP contribution in [-0.2, 0) is 0 Å². The zero-order valence-electron chi connectivity index (χ0n) is 13.2. The molecule has 1 aromatic heterocycles. The second-order valence-electron chi connectivity index (χ2n) is 6.00. The van der Waals surface area contributed by atoms with Gasteiger partial charge in [-0.25, -0.2) is 4.39 Å². The number of nitrogens with one attached hydrogen (secondary N) is 1. The molecule has 5 heteroatoms. The SMILES string of the molecule is O=C(c1cccc2[nH]ccc12)N1CCN(c2ccc(F)cc2)CC1. The molecule has 0 atom stereocenters. The van der Waals surface area contributed by atoms with Crippen molar-refractivity contribution in [3.8, 4) is 0 Å². The molecule has 24 heavy (non-hydrogen) atoms. The average Bonchev–Trinajstić information content (AvgIpc) is 3.11. The third-order valence-electron chi connectivity index (χ3n) is 4.58. The molecule has 0 spiro atoms. The lowest BCUT2D eigenvalue weighted by atomic mass is 10.1. The minimum atomic E-state index is -0.229. The molecule has 1 aliphatic rings. The molecule has 4 nitrogen and oxygen atoms in total. The van der Waals surface area contributed by atoms with E-state index in [4.69, 9.17) is 0 Å². The molecular weight excluding hydrogens is 305 g/mol. The van der Waals surface area contributed by atoms with Crippen LogP contribution in [0, 0.1) is 5.82 Å². The summed E-state index contributed by atoms with van der Waals surface area (Å²) in [5.41, 5.74) is 2.71. The van der Waals surface area contributed by atoms with Gasteiger partial charge in [-0.1, -0.05) is 6.07 Å². The van der Waals surface area contributed by atoms with Crippen LogP contribution in [0.2, 0.25) is 0 Å². The van der Waals surface area contributed by atoms with E-state index < -0.39 is 0 Å². The normalized spacial score (nSPS) is 15.0. The fourth-order valence-corrected chi connectivity index (χ4v) is 3.26. The number of carbonyl (C=O) groups is 1. The summed E-state index contributed by atoms with van der Waals surface area (Å²) in [5, 5.41) is 0.962. The number of benzene rings is 2. The standard InChI is InChI=1S/C19H18FN3O/c20-14-4-6-15(7-5-14)22-10-12-23(13-11-22)19(24)17-2-1-3-18-16(17)8-9-21-18/h1-9,21H,10-13H2. The van der Waals surface area contributed by atoms with Crippen molar-refractivity contribution in [3.05, 3.63) is 66.1 Å². The zero-order valence-corrected chi connectivity index (χ0v) is 13.2. The summed E-state index contributed by atoms with van der Waals surface area (Å²) in [5.74, 6) is -0.161. The monoisotopic (exact) mass is 323 g/mol. The van der Waals surface area contributed by atoms with Crippen LogP contribution in [0.4, 0.5) is 10.1 Å². The average molecular weight is 323 g/mol. The molecule has 1 aliphatic heterocycles. The van der Waals surface area contributed by atoms with Gasteiger partial charge in [0.2, 0.25) is 0 Å². The lowest BCUT2D eigenvalue weighted by Gasteiger charge is -2.36. The molecule has 2 heterocycles. The molecule has 0 radical (unpaired) electrons. The first-order chi connectivity index (χ1) is 11.7. The number of amides is 1. The topological polar surface area (TPSA) is 39.3 Å². The van der Waals surface area contributed by atoms with Crippen molar-refractivity contribution in [2.45, 2.75) is 0 Å². The molecule has 0 saturated carbocycles. The van der Waals surface area contributed by atoms with E-state index in [1.54, 1.807) is 12.1 Å². The third kappa shape index (κ3) is 2.62. The summed E-state index contributed by atoms with van der Waals surface area (Å²) >= 11 is 0. The first-order valence-electron chi connectivity index (χ1n) is 8.08. The highest BCUT2D eigenvalue weighted by Gasteiger charge is 2.23. The number of piperazine rings is 1. The number of aromatic nitrogens is 1. The maximum atomic E-state index is 13.0. The summed E-state index contributed by atoms with van der Waals surface area (Å²) in [4.78, 5) is 20.1. The number of nitrogens with zero attached hydrogens (tertiary/aromatic N) is 2. The number of hydrogen-bond donors (Lipinski definition) is 1. The van der Waals surface area contributed by atoms with Crippen molar-refractivity contribution in [2.75, 3.05) is 31.1 Å². The van der Waals surface area contributed by atoms with Gasteiger partial charge in [-0.15, -0.1) is 0 Å². The number of rotatable bonds is 2. The van der Waals surface area contributed by atoms with E-state index >= 15 is 0 Å². The minimum Gasteiger partial charge on any atom is -0.368 e. The highest BCUT2D eigenvalue weighted by Crippen LogP contribution is 2.21. The van der Waals surface area contributed by atoms with Crippen molar-refractivity contribution in [2.24, 2.45) is 0 Å². The minimum absolute atomic E-state index is 0.0685. The third-order valence-corrected chi connectivity index (χ3v) is 4.58. The number of H-pyrrole nitrogens is 1. The highest BCUT2D eigenvalue weighted by molar-refractivity contribution is 6.06. The molecule has 0 unspecified atom stereocenters. The Morgan fingerprint density at radius 1 is 0.958 bits per heavy atom. The first-order valence-corrected chi connectivity index (χ1v) is 8.08. The van der Waals surface area contributed by atoms with Crippen LogP contribution in [0.15, 0.2) is 54.7 Å². The molecule has 4 rings (SSSR count). The van der Waals surface area contributed by atoms with Crippen LogP contribution in [0.3, 0.4) is 0 Å². The van der Waals surface area contributed by atoms with Gasteiger partial charge in [0.25, 0.3) is 5.91 Å². The number of anilines is 1. The van der Waals surface area contributed by atoms with Gasteiger partial charge in [0.15, 0.2) is 0 Å². The largest absolute Gasteiger partial charge is 0.368 e. The fraction of sp³-hybridized carbons (Fsp3) is 0.211. The number of fused-ring (bicyclic) bond motifs is 1. The number of hydrogen-bond acceptors (Lipinski definition) is 2. The second kappa shape index (κ2) is 6.00. The summed E-state index contributed by atoms with van der Waals surface area (Å²) < 4.78 is 13.0. The predicted molar refractivity (Wildman–Crippen MR) is 92.8 cm³/mol. The van der Waals surface area contributed by atoms with Gasteiger partial charge in [-0.05, 0) is 42.5 Å². The van der Waals surface area contributed by atoms with Crippen LogP contribution in [0.25, 0.3) is 10.9 Å². The maximum absolute atomic E-state index is 13.0. The van der Waals surface area contributed by atoms with Gasteiger partial charge in [0.05, 0.1) is 0 Å². The van der Waals surface area contributed by atoms with Gasteiger partial charge < -0.3 is 14.8 Å². The Bertz CT molecular complexity index is 864.